The Morgan fingerprint density at radius 1 is 1.38 bits per heavy atom. The molecule has 0 aromatic heterocycles. The molecule has 1 heterocycles. The van der Waals surface area contributed by atoms with Gasteiger partial charge < -0.3 is 5.73 Å². The molecule has 1 aromatic carbocycles. The Balaban J connectivity index is 2.30. The number of aliphatic imine (C=N–C) groups is 1. The summed E-state index contributed by atoms with van der Waals surface area (Å²) in [7, 11) is 0. The molecule has 0 amide bonds. The number of nitrogens with two attached hydrogens (primary N) is 1. The van der Waals surface area contributed by atoms with Crippen molar-refractivity contribution in [3.63, 3.8) is 0 Å². The van der Waals surface area contributed by atoms with Crippen molar-refractivity contribution in [2.75, 3.05) is 6.54 Å². The molecule has 0 atom stereocenters. The smallest absolute Gasteiger partial charge is 0.131 e. The second kappa shape index (κ2) is 3.18. The van der Waals surface area contributed by atoms with Gasteiger partial charge in [0, 0.05) is 6.42 Å². The first-order chi connectivity index (χ1) is 6.31. The first-order valence-corrected chi connectivity index (χ1v) is 4.40. The van der Waals surface area contributed by atoms with Crippen LogP contribution in [-0.2, 0) is 0 Å². The highest BCUT2D eigenvalue weighted by atomic mass is 15.1. The molecule has 2 rings (SSSR count). The maximum absolute atomic E-state index is 5.44. The second-order valence-corrected chi connectivity index (χ2v) is 3.12. The average molecular weight is 174 g/mol. The number of amidine groups is 1. The summed E-state index contributed by atoms with van der Waals surface area (Å²) in [5.41, 5.74) is 8.60. The van der Waals surface area contributed by atoms with Gasteiger partial charge in [0.2, 0.25) is 0 Å². The second-order valence-electron chi connectivity index (χ2n) is 3.12. The number of fused-ring (bicyclic) bond motifs is 1. The number of rotatable bonds is 2. The maximum Gasteiger partial charge on any atom is 0.131 e. The monoisotopic (exact) mass is 174 g/mol. The van der Waals surface area contributed by atoms with Crippen molar-refractivity contribution in [3.8, 4) is 0 Å². The van der Waals surface area contributed by atoms with Crippen molar-refractivity contribution in [2.24, 2.45) is 10.7 Å². The van der Waals surface area contributed by atoms with Crippen LogP contribution >= 0.6 is 0 Å². The summed E-state index contributed by atoms with van der Waals surface area (Å²) >= 11 is 0. The summed E-state index contributed by atoms with van der Waals surface area (Å²) in [6, 6.07) is 6.02. The maximum atomic E-state index is 5.44. The lowest BCUT2D eigenvalue weighted by Gasteiger charge is -2.00. The predicted molar refractivity (Wildman–Crippen MR) is 53.7 cm³/mol. The summed E-state index contributed by atoms with van der Waals surface area (Å²) in [4.78, 5) is 4.37. The zero-order valence-corrected chi connectivity index (χ0v) is 7.62. The summed E-state index contributed by atoms with van der Waals surface area (Å²) in [6.07, 6.45) is 0.758. The lowest BCUT2D eigenvalue weighted by Crippen LogP contribution is -2.12. The number of hydrogen-bond acceptors (Lipinski definition) is 2. The van der Waals surface area contributed by atoms with Gasteiger partial charge in [-0.1, -0.05) is 12.1 Å². The molecule has 3 heteroatoms. The Bertz CT molecular complexity index is 355. The van der Waals surface area contributed by atoms with Crippen LogP contribution in [-0.4, -0.2) is 12.4 Å². The molecule has 2 N–H and O–H groups in total. The minimum atomic E-state index is 0.607. The predicted octanol–water partition coefficient (Wildman–Crippen LogP) is 1.62. The van der Waals surface area contributed by atoms with E-state index in [0.717, 1.165) is 23.6 Å². The number of nitrogens with zero attached hydrogens (tertiary/aromatic N) is 2. The zero-order valence-electron chi connectivity index (χ0n) is 7.62. The van der Waals surface area contributed by atoms with Gasteiger partial charge in [-0.2, -0.15) is 0 Å². The van der Waals surface area contributed by atoms with Gasteiger partial charge in [0.15, 0.2) is 0 Å². The molecule has 0 saturated carbocycles. The molecule has 1 aliphatic heterocycles. The zero-order chi connectivity index (χ0) is 9.26. The Hall–Kier alpha value is -1.35. The van der Waals surface area contributed by atoms with Crippen LogP contribution in [0.5, 0.6) is 0 Å². The first-order valence-electron chi connectivity index (χ1n) is 4.40. The van der Waals surface area contributed by atoms with Crippen LogP contribution in [0.2, 0.25) is 0 Å². The largest absolute Gasteiger partial charge is 0.330 e. The fourth-order valence-electron chi connectivity index (χ4n) is 1.41. The minimum absolute atomic E-state index is 0.607. The van der Waals surface area contributed by atoms with Crippen LogP contribution in [0.1, 0.15) is 12.0 Å². The highest BCUT2D eigenvalue weighted by molar-refractivity contribution is 5.96. The topological polar surface area (TPSA) is 52.5 Å². The fourth-order valence-corrected chi connectivity index (χ4v) is 1.41. The van der Waals surface area contributed by atoms with E-state index in [2.05, 4.69) is 10.3 Å². The van der Waals surface area contributed by atoms with Crippen molar-refractivity contribution in [3.05, 3.63) is 23.8 Å². The van der Waals surface area contributed by atoms with E-state index in [0.29, 0.717) is 6.54 Å². The van der Waals surface area contributed by atoms with E-state index in [1.54, 1.807) is 0 Å². The molecule has 0 unspecified atom stereocenters. The molecule has 1 aliphatic rings. The summed E-state index contributed by atoms with van der Waals surface area (Å²) in [5, 5.41) is 4.41. The van der Waals surface area contributed by atoms with E-state index in [4.69, 9.17) is 5.73 Å². The Labute approximate surface area is 77.7 Å². The van der Waals surface area contributed by atoms with Gasteiger partial charge >= 0.3 is 0 Å². The van der Waals surface area contributed by atoms with E-state index in [1.807, 2.05) is 25.1 Å². The van der Waals surface area contributed by atoms with Gasteiger partial charge in [-0.05, 0) is 25.1 Å². The van der Waals surface area contributed by atoms with E-state index in [-0.39, 0.29) is 0 Å². The van der Waals surface area contributed by atoms with Gasteiger partial charge in [0.25, 0.3) is 0 Å². The Kier molecular flexibility index (Phi) is 2.02. The normalized spacial score (nSPS) is 13.5. The van der Waals surface area contributed by atoms with Crippen LogP contribution < -0.4 is 11.1 Å². The summed E-state index contributed by atoms with van der Waals surface area (Å²) in [6.45, 7) is 2.65. The molecule has 0 bridgehead atoms. The molecule has 1 aromatic rings. The van der Waals surface area contributed by atoms with Gasteiger partial charge in [0.05, 0.1) is 11.4 Å². The van der Waals surface area contributed by atoms with Gasteiger partial charge in [-0.3, -0.25) is 0 Å². The molecular formula is C10H12N3. The highest BCUT2D eigenvalue weighted by Crippen LogP contribution is 2.33. The van der Waals surface area contributed by atoms with Crippen LogP contribution in [0.3, 0.4) is 0 Å². The first kappa shape index (κ1) is 8.26. The van der Waals surface area contributed by atoms with Gasteiger partial charge in [-0.15, -0.1) is 0 Å². The van der Waals surface area contributed by atoms with Crippen molar-refractivity contribution >= 4 is 17.2 Å². The SMILES string of the molecule is Cc1cccc2c1[N]C(CCN)=N2. The van der Waals surface area contributed by atoms with Crippen molar-refractivity contribution in [1.29, 1.82) is 0 Å². The molecule has 67 valence electrons. The third kappa shape index (κ3) is 1.42. The van der Waals surface area contributed by atoms with E-state index in [1.165, 1.54) is 5.56 Å². The molecule has 0 spiro atoms. The van der Waals surface area contributed by atoms with Crippen molar-refractivity contribution < 1.29 is 0 Å². The summed E-state index contributed by atoms with van der Waals surface area (Å²) in [5.74, 6) is 0.854. The molecule has 1 radical (unpaired) electrons. The Morgan fingerprint density at radius 2 is 2.23 bits per heavy atom. The number of aryl methyl sites for hydroxylation is 1. The van der Waals surface area contributed by atoms with E-state index < -0.39 is 0 Å². The molecular weight excluding hydrogens is 162 g/mol. The van der Waals surface area contributed by atoms with Crippen molar-refractivity contribution in [2.45, 2.75) is 13.3 Å². The highest BCUT2D eigenvalue weighted by Gasteiger charge is 2.15. The van der Waals surface area contributed by atoms with Gasteiger partial charge in [-0.25, -0.2) is 10.3 Å². The van der Waals surface area contributed by atoms with Crippen molar-refractivity contribution in [1.82, 2.24) is 5.32 Å². The quantitative estimate of drug-likeness (QED) is 0.727. The lowest BCUT2D eigenvalue weighted by atomic mass is 10.2. The molecule has 0 saturated heterocycles. The molecule has 3 nitrogen and oxygen atoms in total. The third-order valence-electron chi connectivity index (χ3n) is 2.07. The third-order valence-corrected chi connectivity index (χ3v) is 2.07. The average Bonchev–Trinajstić information content (AvgIpc) is 2.49. The molecule has 0 fully saturated rings. The van der Waals surface area contributed by atoms with Gasteiger partial charge in [0.1, 0.15) is 5.84 Å². The number of hydrogen-bond donors (Lipinski definition) is 1. The standard InChI is InChI=1S/C10H12N3/c1-7-3-2-4-8-10(7)13-9(12-8)5-6-11/h2-4H,5-6,11H2,1H3. The molecule has 0 aliphatic carbocycles. The lowest BCUT2D eigenvalue weighted by molar-refractivity contribution is 1.01. The van der Waals surface area contributed by atoms with Crippen LogP contribution in [0.15, 0.2) is 23.2 Å². The van der Waals surface area contributed by atoms with Crippen LogP contribution in [0, 0.1) is 6.92 Å². The fraction of sp³-hybridized carbons (Fsp3) is 0.300. The minimum Gasteiger partial charge on any atom is -0.330 e. The Morgan fingerprint density at radius 3 is 2.92 bits per heavy atom. The number of benzene rings is 1. The molecule has 13 heavy (non-hydrogen) atoms. The summed E-state index contributed by atoms with van der Waals surface area (Å²) < 4.78 is 0. The van der Waals surface area contributed by atoms with E-state index >= 15 is 0 Å². The van der Waals surface area contributed by atoms with Crippen LogP contribution in [0.4, 0.5) is 11.4 Å². The van der Waals surface area contributed by atoms with E-state index in [9.17, 15) is 0 Å². The number of para-hydroxylation sites is 1. The van der Waals surface area contributed by atoms with Crippen LogP contribution in [0.25, 0.3) is 0 Å².